The summed E-state index contributed by atoms with van der Waals surface area (Å²) in [7, 11) is 0. The van der Waals surface area contributed by atoms with Gasteiger partial charge < -0.3 is 0 Å². The average Bonchev–Trinajstić information content (AvgIpc) is 2.49. The van der Waals surface area contributed by atoms with Gasteiger partial charge in [-0.25, -0.2) is 4.99 Å². The van der Waals surface area contributed by atoms with Crippen LogP contribution >= 0.6 is 0 Å². The maximum Gasteiger partial charge on any atom is 0.243 e. The molecule has 0 atom stereocenters. The predicted molar refractivity (Wildman–Crippen MR) is 87.6 cm³/mol. The second kappa shape index (κ2) is 6.54. The van der Waals surface area contributed by atoms with E-state index in [4.69, 9.17) is 0 Å². The molecule has 114 valence electrons. The van der Waals surface area contributed by atoms with Gasteiger partial charge in [-0.1, -0.05) is 42.5 Å². The molecule has 1 aliphatic carbocycles. The zero-order chi connectivity index (χ0) is 16.2. The number of hydrogen-bond donors (Lipinski definition) is 1. The van der Waals surface area contributed by atoms with Gasteiger partial charge in [0.2, 0.25) is 5.91 Å². The molecular formula is C18H20N2O2. The predicted octanol–water partition coefficient (Wildman–Crippen LogP) is 3.61. The fraction of sp³-hybridized carbons (Fsp3) is 0.222. The van der Waals surface area contributed by atoms with Crippen LogP contribution in [0.25, 0.3) is 0 Å². The summed E-state index contributed by atoms with van der Waals surface area (Å²) in [4.78, 5) is 14.8. The maximum absolute atomic E-state index is 10.9. The average molecular weight is 296 g/mol. The normalized spacial score (nSPS) is 14.0. The van der Waals surface area contributed by atoms with Crippen LogP contribution in [-0.2, 0) is 10.3 Å². The highest BCUT2D eigenvalue weighted by atomic mass is 16.5. The van der Waals surface area contributed by atoms with Crippen LogP contribution in [0.1, 0.15) is 26.3 Å². The number of allylic oxidation sites excluding steroid dienone is 5. The lowest BCUT2D eigenvalue weighted by molar-refractivity contribution is -0.121. The van der Waals surface area contributed by atoms with Crippen LogP contribution in [0.5, 0.6) is 0 Å². The molecule has 0 bridgehead atoms. The van der Waals surface area contributed by atoms with Gasteiger partial charge in [0.15, 0.2) is 0 Å². The molecule has 4 heteroatoms. The number of hydroxylamine groups is 2. The number of amides is 1. The molecule has 0 aliphatic heterocycles. The Kier molecular flexibility index (Phi) is 4.73. The molecule has 0 saturated carbocycles. The highest BCUT2D eigenvalue weighted by molar-refractivity contribution is 6.10. The van der Waals surface area contributed by atoms with Gasteiger partial charge in [0.05, 0.1) is 11.3 Å². The van der Waals surface area contributed by atoms with Gasteiger partial charge in [-0.2, -0.15) is 0 Å². The Morgan fingerprint density at radius 1 is 1.14 bits per heavy atom. The lowest BCUT2D eigenvalue weighted by Crippen LogP contribution is -2.35. The Morgan fingerprint density at radius 2 is 1.73 bits per heavy atom. The number of nitrogens with zero attached hydrogens (tertiary/aromatic N) is 2. The van der Waals surface area contributed by atoms with Crippen molar-refractivity contribution < 1.29 is 10.0 Å². The first-order chi connectivity index (χ1) is 10.4. The summed E-state index contributed by atoms with van der Waals surface area (Å²) >= 11 is 0. The third kappa shape index (κ3) is 3.80. The molecule has 1 aliphatic rings. The smallest absolute Gasteiger partial charge is 0.243 e. The summed E-state index contributed by atoms with van der Waals surface area (Å²) in [5, 5.41) is 11.6. The molecule has 0 saturated heterocycles. The first-order valence-corrected chi connectivity index (χ1v) is 7.10. The van der Waals surface area contributed by atoms with Crippen molar-refractivity contribution >= 4 is 11.6 Å². The fourth-order valence-corrected chi connectivity index (χ4v) is 2.10. The molecule has 0 spiro atoms. The van der Waals surface area contributed by atoms with Crippen molar-refractivity contribution in [2.24, 2.45) is 4.99 Å². The number of rotatable bonds is 3. The van der Waals surface area contributed by atoms with Crippen molar-refractivity contribution in [1.82, 2.24) is 5.06 Å². The summed E-state index contributed by atoms with van der Waals surface area (Å²) in [5.74, 6) is -0.231. The Hall–Kier alpha value is -2.46. The van der Waals surface area contributed by atoms with Crippen LogP contribution in [0.4, 0.5) is 0 Å². The number of carbonyl (C=O) groups excluding carboxylic acids is 1. The summed E-state index contributed by atoms with van der Waals surface area (Å²) in [6, 6.07) is 9.80. The first kappa shape index (κ1) is 15.9. The summed E-state index contributed by atoms with van der Waals surface area (Å²) < 4.78 is 0. The highest BCUT2D eigenvalue weighted by Gasteiger charge is 2.25. The van der Waals surface area contributed by atoms with E-state index >= 15 is 0 Å². The van der Waals surface area contributed by atoms with E-state index < -0.39 is 5.54 Å². The van der Waals surface area contributed by atoms with E-state index in [1.165, 1.54) is 12.0 Å². The van der Waals surface area contributed by atoms with Gasteiger partial charge in [0.25, 0.3) is 0 Å². The van der Waals surface area contributed by atoms with Crippen molar-refractivity contribution in [1.29, 1.82) is 0 Å². The summed E-state index contributed by atoms with van der Waals surface area (Å²) in [5.41, 5.74) is 1.89. The van der Waals surface area contributed by atoms with Crippen LogP contribution in [0.2, 0.25) is 0 Å². The minimum absolute atomic E-state index is 0.231. The van der Waals surface area contributed by atoms with Gasteiger partial charge in [0.1, 0.15) is 0 Å². The van der Waals surface area contributed by atoms with Gasteiger partial charge in [0, 0.05) is 13.1 Å². The van der Waals surface area contributed by atoms with E-state index in [-0.39, 0.29) is 5.91 Å². The van der Waals surface area contributed by atoms with Gasteiger partial charge in [-0.05, 0) is 37.1 Å². The van der Waals surface area contributed by atoms with Crippen molar-refractivity contribution in [3.63, 3.8) is 0 Å². The molecular weight excluding hydrogens is 276 g/mol. The van der Waals surface area contributed by atoms with E-state index in [0.717, 1.165) is 11.1 Å². The van der Waals surface area contributed by atoms with Crippen molar-refractivity contribution in [3.8, 4) is 0 Å². The van der Waals surface area contributed by atoms with Gasteiger partial charge in [-0.15, -0.1) is 0 Å². The van der Waals surface area contributed by atoms with Gasteiger partial charge in [-0.3, -0.25) is 15.1 Å². The Balaban J connectivity index is 2.17. The van der Waals surface area contributed by atoms with Crippen molar-refractivity contribution in [2.45, 2.75) is 26.3 Å². The second-order valence-corrected chi connectivity index (χ2v) is 5.62. The fourth-order valence-electron chi connectivity index (χ4n) is 2.10. The zero-order valence-corrected chi connectivity index (χ0v) is 13.0. The molecule has 1 aromatic rings. The van der Waals surface area contributed by atoms with Crippen LogP contribution < -0.4 is 0 Å². The van der Waals surface area contributed by atoms with E-state index in [1.807, 2.05) is 56.3 Å². The van der Waals surface area contributed by atoms with Crippen LogP contribution in [-0.4, -0.2) is 21.9 Å². The number of benzene rings is 1. The van der Waals surface area contributed by atoms with Crippen molar-refractivity contribution in [2.75, 3.05) is 0 Å². The molecule has 0 radical (unpaired) electrons. The number of hydrogen-bond acceptors (Lipinski definition) is 3. The van der Waals surface area contributed by atoms with Crippen LogP contribution in [0.3, 0.4) is 0 Å². The van der Waals surface area contributed by atoms with Crippen LogP contribution in [0, 0.1) is 0 Å². The molecule has 1 aromatic carbocycles. The Bertz CT molecular complexity index is 650. The molecule has 2 rings (SSSR count). The van der Waals surface area contributed by atoms with Crippen LogP contribution in [0.15, 0.2) is 71.4 Å². The van der Waals surface area contributed by atoms with E-state index in [2.05, 4.69) is 4.99 Å². The minimum Gasteiger partial charge on any atom is -0.288 e. The molecule has 1 N–H and O–H groups in total. The topological polar surface area (TPSA) is 52.9 Å². The molecule has 0 unspecified atom stereocenters. The van der Waals surface area contributed by atoms with E-state index in [1.54, 1.807) is 18.4 Å². The summed E-state index contributed by atoms with van der Waals surface area (Å²) in [6.07, 6.45) is 8.77. The number of aliphatic imine (C=N–C) groups is 1. The second-order valence-electron chi connectivity index (χ2n) is 5.62. The monoisotopic (exact) mass is 296 g/mol. The molecule has 4 nitrogen and oxygen atoms in total. The zero-order valence-electron chi connectivity index (χ0n) is 13.0. The number of carbonyl (C=O) groups is 1. The summed E-state index contributed by atoms with van der Waals surface area (Å²) in [6.45, 7) is 5.30. The standard InChI is InChI=1S/C18H20N2O2/c1-14(21)19-17-11-9-15(10-12-17)13-20(22)18(2,3)16-7-5-4-6-8-16/h4-13,22H,1-3H3. The molecule has 1 amide bonds. The SMILES string of the molecule is CC(=O)N=C1C=CC(=CN(O)C(C)(C)c2ccccc2)C=C1. The minimum atomic E-state index is -0.552. The molecule has 0 fully saturated rings. The largest absolute Gasteiger partial charge is 0.288 e. The quantitative estimate of drug-likeness (QED) is 0.867. The first-order valence-electron chi connectivity index (χ1n) is 7.10. The highest BCUT2D eigenvalue weighted by Crippen LogP contribution is 2.27. The van der Waals surface area contributed by atoms with Crippen molar-refractivity contribution in [3.05, 3.63) is 72.0 Å². The lowest BCUT2D eigenvalue weighted by Gasteiger charge is -2.33. The third-order valence-corrected chi connectivity index (χ3v) is 3.50. The molecule has 0 heterocycles. The Morgan fingerprint density at radius 3 is 2.27 bits per heavy atom. The third-order valence-electron chi connectivity index (χ3n) is 3.50. The maximum atomic E-state index is 10.9. The molecule has 0 aromatic heterocycles. The van der Waals surface area contributed by atoms with E-state index in [0.29, 0.717) is 5.71 Å². The van der Waals surface area contributed by atoms with E-state index in [9.17, 15) is 10.0 Å². The molecule has 22 heavy (non-hydrogen) atoms. The van der Waals surface area contributed by atoms with Gasteiger partial charge >= 0.3 is 0 Å². The Labute approximate surface area is 130 Å². The lowest BCUT2D eigenvalue weighted by atomic mass is 9.94.